The van der Waals surface area contributed by atoms with Gasteiger partial charge in [0.25, 0.3) is 11.2 Å². The maximum Gasteiger partial charge on any atom is 0.416 e. The third-order valence-corrected chi connectivity index (χ3v) is 5.57. The molecule has 2 aromatic carbocycles. The van der Waals surface area contributed by atoms with Crippen molar-refractivity contribution >= 4 is 17.3 Å². The lowest BCUT2D eigenvalue weighted by Gasteiger charge is -2.27. The lowest BCUT2D eigenvalue weighted by molar-refractivity contribution is -0.384. The monoisotopic (exact) mass is 464 g/mol. The van der Waals surface area contributed by atoms with Crippen LogP contribution in [0.4, 0.5) is 18.9 Å². The molecule has 0 amide bonds. The summed E-state index contributed by atoms with van der Waals surface area (Å²) in [5.41, 5.74) is 0.806. The highest BCUT2D eigenvalue weighted by Gasteiger charge is 2.30. The third kappa shape index (κ3) is 4.51. The molecular formula is C21H16ClF3N4O3. The van der Waals surface area contributed by atoms with E-state index < -0.39 is 16.7 Å². The number of fused-ring (bicyclic) bond motifs is 1. The van der Waals surface area contributed by atoms with E-state index >= 15 is 0 Å². The van der Waals surface area contributed by atoms with Crippen molar-refractivity contribution in [2.24, 2.45) is 0 Å². The highest BCUT2D eigenvalue weighted by Crippen LogP contribution is 2.31. The molecule has 0 radical (unpaired) electrons. The van der Waals surface area contributed by atoms with Crippen LogP contribution in [0.2, 0.25) is 5.02 Å². The molecule has 4 rings (SSSR count). The van der Waals surface area contributed by atoms with Gasteiger partial charge in [-0.2, -0.15) is 13.2 Å². The molecule has 0 atom stereocenters. The van der Waals surface area contributed by atoms with Gasteiger partial charge in [-0.25, -0.2) is 4.98 Å². The van der Waals surface area contributed by atoms with Gasteiger partial charge in [0.2, 0.25) is 0 Å². The summed E-state index contributed by atoms with van der Waals surface area (Å²) >= 11 is 5.85. The van der Waals surface area contributed by atoms with Crippen LogP contribution >= 0.6 is 11.6 Å². The molecule has 0 unspecified atom stereocenters. The Balaban J connectivity index is 1.55. The number of hydrogen-bond donors (Lipinski definition) is 1. The van der Waals surface area contributed by atoms with Crippen molar-refractivity contribution in [2.75, 3.05) is 6.54 Å². The number of aromatic nitrogens is 2. The van der Waals surface area contributed by atoms with Crippen LogP contribution in [-0.4, -0.2) is 26.3 Å². The van der Waals surface area contributed by atoms with E-state index in [1.807, 2.05) is 4.90 Å². The molecule has 11 heteroatoms. The molecule has 1 aliphatic heterocycles. The van der Waals surface area contributed by atoms with E-state index in [4.69, 9.17) is 11.6 Å². The topological polar surface area (TPSA) is 92.1 Å². The highest BCUT2D eigenvalue weighted by atomic mass is 35.5. The number of alkyl halides is 3. The molecule has 32 heavy (non-hydrogen) atoms. The average Bonchev–Trinajstić information content (AvgIpc) is 2.74. The lowest BCUT2D eigenvalue weighted by Crippen LogP contribution is -2.35. The van der Waals surface area contributed by atoms with E-state index in [2.05, 4.69) is 9.97 Å². The molecule has 0 saturated heterocycles. The Labute approximate surface area is 184 Å². The Morgan fingerprint density at radius 3 is 2.56 bits per heavy atom. The SMILES string of the molecule is O=c1[nH]c(-c2ccc(C(F)(F)F)cc2)nc2c1CN(Cc1ccc(Cl)c([N+](=O)[O-])c1)CC2. The van der Waals surface area contributed by atoms with Crippen molar-refractivity contribution in [1.29, 1.82) is 0 Å². The third-order valence-electron chi connectivity index (χ3n) is 5.25. The predicted molar refractivity (Wildman–Crippen MR) is 111 cm³/mol. The maximum absolute atomic E-state index is 12.8. The first-order chi connectivity index (χ1) is 15.1. The molecular weight excluding hydrogens is 449 g/mol. The Morgan fingerprint density at radius 2 is 1.91 bits per heavy atom. The molecule has 1 aliphatic rings. The van der Waals surface area contributed by atoms with Gasteiger partial charge in [0, 0.05) is 37.7 Å². The smallest absolute Gasteiger partial charge is 0.306 e. The Morgan fingerprint density at radius 1 is 1.19 bits per heavy atom. The predicted octanol–water partition coefficient (Wildman–Crippen LogP) is 4.58. The molecule has 1 N–H and O–H groups in total. The summed E-state index contributed by atoms with van der Waals surface area (Å²) in [4.78, 5) is 32.3. The van der Waals surface area contributed by atoms with Gasteiger partial charge in [0.1, 0.15) is 10.8 Å². The van der Waals surface area contributed by atoms with Crippen molar-refractivity contribution in [2.45, 2.75) is 25.7 Å². The van der Waals surface area contributed by atoms with Crippen molar-refractivity contribution < 1.29 is 18.1 Å². The minimum absolute atomic E-state index is 0.0548. The zero-order valence-electron chi connectivity index (χ0n) is 16.4. The number of rotatable bonds is 4. The van der Waals surface area contributed by atoms with E-state index in [-0.39, 0.29) is 22.1 Å². The Bertz CT molecular complexity index is 1240. The summed E-state index contributed by atoms with van der Waals surface area (Å²) in [6.07, 6.45) is -3.98. The van der Waals surface area contributed by atoms with Crippen LogP contribution in [0.1, 0.15) is 22.4 Å². The molecule has 0 bridgehead atoms. The summed E-state index contributed by atoms with van der Waals surface area (Å²) in [5, 5.41) is 11.1. The minimum atomic E-state index is -4.44. The number of nitro groups is 1. The fraction of sp³-hybridized carbons (Fsp3) is 0.238. The Hall–Kier alpha value is -3.24. The van der Waals surface area contributed by atoms with Crippen LogP contribution in [0.3, 0.4) is 0 Å². The molecule has 166 valence electrons. The lowest BCUT2D eigenvalue weighted by atomic mass is 10.0. The van der Waals surface area contributed by atoms with E-state index in [1.165, 1.54) is 24.3 Å². The van der Waals surface area contributed by atoms with Gasteiger partial charge in [0.15, 0.2) is 0 Å². The number of hydrogen-bond acceptors (Lipinski definition) is 5. The van der Waals surface area contributed by atoms with Gasteiger partial charge < -0.3 is 4.98 Å². The van der Waals surface area contributed by atoms with Crippen molar-refractivity contribution in [3.05, 3.63) is 90.3 Å². The minimum Gasteiger partial charge on any atom is -0.306 e. The van der Waals surface area contributed by atoms with E-state index in [9.17, 15) is 28.1 Å². The first-order valence-electron chi connectivity index (χ1n) is 9.56. The number of nitrogens with zero attached hydrogens (tertiary/aromatic N) is 3. The van der Waals surface area contributed by atoms with Crippen LogP contribution in [0.5, 0.6) is 0 Å². The normalized spacial score (nSPS) is 14.2. The Kier molecular flexibility index (Phi) is 5.74. The number of halogens is 4. The molecule has 0 fully saturated rings. The van der Waals surface area contributed by atoms with Gasteiger partial charge in [-0.3, -0.25) is 19.8 Å². The molecule has 7 nitrogen and oxygen atoms in total. The van der Waals surface area contributed by atoms with Gasteiger partial charge in [-0.15, -0.1) is 0 Å². The largest absolute Gasteiger partial charge is 0.416 e. The van der Waals surface area contributed by atoms with Crippen molar-refractivity contribution in [1.82, 2.24) is 14.9 Å². The summed E-state index contributed by atoms with van der Waals surface area (Å²) in [6, 6.07) is 9.02. The molecule has 0 aliphatic carbocycles. The first-order valence-corrected chi connectivity index (χ1v) is 9.94. The van der Waals surface area contributed by atoms with Crippen LogP contribution in [-0.2, 0) is 25.7 Å². The van der Waals surface area contributed by atoms with E-state index in [0.717, 1.165) is 12.1 Å². The molecule has 3 aromatic rings. The maximum atomic E-state index is 12.8. The zero-order chi connectivity index (χ0) is 23.0. The fourth-order valence-corrected chi connectivity index (χ4v) is 3.81. The summed E-state index contributed by atoms with van der Waals surface area (Å²) < 4.78 is 38.3. The van der Waals surface area contributed by atoms with Crippen molar-refractivity contribution in [3.8, 4) is 11.4 Å². The molecule has 0 spiro atoms. The van der Waals surface area contributed by atoms with Gasteiger partial charge in [0.05, 0.1) is 21.7 Å². The van der Waals surface area contributed by atoms with E-state index in [1.54, 1.807) is 6.07 Å². The number of aromatic amines is 1. The summed E-state index contributed by atoms with van der Waals surface area (Å²) in [6.45, 7) is 1.24. The molecule has 1 aromatic heterocycles. The van der Waals surface area contributed by atoms with Crippen LogP contribution in [0, 0.1) is 10.1 Å². The average molecular weight is 465 g/mol. The highest BCUT2D eigenvalue weighted by molar-refractivity contribution is 6.32. The second-order valence-electron chi connectivity index (χ2n) is 7.42. The second kappa shape index (κ2) is 8.36. The fourth-order valence-electron chi connectivity index (χ4n) is 3.62. The molecule has 0 saturated carbocycles. The van der Waals surface area contributed by atoms with Crippen molar-refractivity contribution in [3.63, 3.8) is 0 Å². The number of nitrogens with one attached hydrogen (secondary N) is 1. The first kappa shape index (κ1) is 22.0. The number of benzene rings is 2. The van der Waals surface area contributed by atoms with Crippen LogP contribution in [0.15, 0.2) is 47.3 Å². The van der Waals surface area contributed by atoms with Crippen LogP contribution in [0.25, 0.3) is 11.4 Å². The van der Waals surface area contributed by atoms with Crippen LogP contribution < -0.4 is 5.56 Å². The second-order valence-corrected chi connectivity index (χ2v) is 7.83. The number of H-pyrrole nitrogens is 1. The standard InChI is InChI=1S/C21H16ClF3N4O3/c22-16-6-1-12(9-18(16)29(31)32)10-28-8-7-17-15(11-28)20(30)27-19(26-17)13-2-4-14(5-3-13)21(23,24)25/h1-6,9H,7-8,10-11H2,(H,26,27,30). The van der Waals surface area contributed by atoms with Gasteiger partial charge >= 0.3 is 6.18 Å². The number of nitro benzene ring substituents is 1. The van der Waals surface area contributed by atoms with E-state index in [0.29, 0.717) is 48.4 Å². The van der Waals surface area contributed by atoms with Gasteiger partial charge in [-0.05, 0) is 23.8 Å². The zero-order valence-corrected chi connectivity index (χ0v) is 17.2. The quantitative estimate of drug-likeness (QED) is 0.451. The summed E-state index contributed by atoms with van der Waals surface area (Å²) in [7, 11) is 0. The molecule has 2 heterocycles. The summed E-state index contributed by atoms with van der Waals surface area (Å²) in [5.74, 6) is 0.212. The van der Waals surface area contributed by atoms with Gasteiger partial charge in [-0.1, -0.05) is 29.8 Å².